The van der Waals surface area contributed by atoms with Crippen molar-refractivity contribution in [1.82, 2.24) is 14.9 Å². The van der Waals surface area contributed by atoms with Crippen LogP contribution in [0.3, 0.4) is 0 Å². The Hall–Kier alpha value is -4.23. The summed E-state index contributed by atoms with van der Waals surface area (Å²) in [6.07, 6.45) is 0.321. The molecule has 0 unspecified atom stereocenters. The van der Waals surface area contributed by atoms with Crippen molar-refractivity contribution in [3.8, 4) is 16.9 Å². The van der Waals surface area contributed by atoms with E-state index in [9.17, 15) is 14.7 Å². The molecule has 37 heavy (non-hydrogen) atoms. The number of hydrogen-bond acceptors (Lipinski definition) is 5. The first-order chi connectivity index (χ1) is 18.0. The van der Waals surface area contributed by atoms with Crippen molar-refractivity contribution in [3.05, 3.63) is 118 Å². The molecule has 0 radical (unpaired) electrons. The number of aromatic nitrogens is 2. The highest BCUT2D eigenvalue weighted by atomic mass is 16.5. The molecular formula is C30H31N3O4. The van der Waals surface area contributed by atoms with E-state index in [1.54, 1.807) is 0 Å². The molecule has 0 saturated carbocycles. The first-order valence-corrected chi connectivity index (χ1v) is 12.3. The van der Waals surface area contributed by atoms with Crippen molar-refractivity contribution in [3.63, 3.8) is 0 Å². The van der Waals surface area contributed by atoms with Crippen LogP contribution in [-0.4, -0.2) is 45.1 Å². The van der Waals surface area contributed by atoms with Gasteiger partial charge in [-0.05, 0) is 36.1 Å². The molecule has 1 amide bonds. The van der Waals surface area contributed by atoms with Crippen LogP contribution in [0.2, 0.25) is 0 Å². The molecule has 0 saturated heterocycles. The lowest BCUT2D eigenvalue weighted by Gasteiger charge is -2.26. The number of nitrogens with one attached hydrogen (secondary N) is 1. The molecule has 0 atom stereocenters. The number of rotatable bonds is 10. The SMILES string of the molecule is CC(C)N(CCO)C(=O)c1nc(Cc2ccccc2-c2ccccc2)[nH]c(=O)c1OCc1ccccc1. The molecule has 1 aromatic heterocycles. The first-order valence-electron chi connectivity index (χ1n) is 12.3. The van der Waals surface area contributed by atoms with Crippen molar-refractivity contribution in [2.75, 3.05) is 13.2 Å². The average molecular weight is 498 g/mol. The minimum atomic E-state index is -0.519. The van der Waals surface area contributed by atoms with Gasteiger partial charge in [0.15, 0.2) is 5.69 Å². The van der Waals surface area contributed by atoms with Gasteiger partial charge >= 0.3 is 0 Å². The summed E-state index contributed by atoms with van der Waals surface area (Å²) in [6.45, 7) is 3.73. The second-order valence-corrected chi connectivity index (χ2v) is 8.98. The molecule has 7 heteroatoms. The third-order valence-corrected chi connectivity index (χ3v) is 6.04. The number of aromatic amines is 1. The van der Waals surface area contributed by atoms with E-state index in [0.29, 0.717) is 12.2 Å². The fourth-order valence-corrected chi connectivity index (χ4v) is 4.19. The highest BCUT2D eigenvalue weighted by Gasteiger charge is 2.26. The maximum Gasteiger partial charge on any atom is 0.294 e. The summed E-state index contributed by atoms with van der Waals surface area (Å²) in [5.74, 6) is -0.232. The van der Waals surface area contributed by atoms with Crippen LogP contribution in [-0.2, 0) is 13.0 Å². The molecule has 0 aliphatic heterocycles. The van der Waals surface area contributed by atoms with E-state index in [4.69, 9.17) is 4.74 Å². The normalized spacial score (nSPS) is 10.9. The lowest BCUT2D eigenvalue weighted by atomic mass is 9.97. The first kappa shape index (κ1) is 25.9. The van der Waals surface area contributed by atoms with E-state index in [1.165, 1.54) is 4.90 Å². The molecule has 0 spiro atoms. The predicted molar refractivity (Wildman–Crippen MR) is 144 cm³/mol. The molecule has 2 N–H and O–H groups in total. The van der Waals surface area contributed by atoms with Crippen LogP contribution in [0.25, 0.3) is 11.1 Å². The summed E-state index contributed by atoms with van der Waals surface area (Å²) in [5.41, 5.74) is 3.31. The Morgan fingerprint density at radius 2 is 1.62 bits per heavy atom. The molecule has 0 aliphatic rings. The van der Waals surface area contributed by atoms with Crippen LogP contribution in [0.4, 0.5) is 0 Å². The number of carbonyl (C=O) groups is 1. The van der Waals surface area contributed by atoms with Gasteiger partial charge in [0, 0.05) is 19.0 Å². The Kier molecular flexibility index (Phi) is 8.48. The van der Waals surface area contributed by atoms with E-state index in [-0.39, 0.29) is 37.2 Å². The largest absolute Gasteiger partial charge is 0.481 e. The second-order valence-electron chi connectivity index (χ2n) is 8.98. The molecule has 0 fully saturated rings. The van der Waals surface area contributed by atoms with Crippen LogP contribution >= 0.6 is 0 Å². The maximum atomic E-state index is 13.6. The minimum absolute atomic E-state index is 0.0611. The van der Waals surface area contributed by atoms with Gasteiger partial charge in [-0.3, -0.25) is 9.59 Å². The van der Waals surface area contributed by atoms with E-state index in [0.717, 1.165) is 22.3 Å². The van der Waals surface area contributed by atoms with Crippen LogP contribution in [0, 0.1) is 0 Å². The Balaban J connectivity index is 1.74. The highest BCUT2D eigenvalue weighted by molar-refractivity contribution is 5.95. The smallest absolute Gasteiger partial charge is 0.294 e. The van der Waals surface area contributed by atoms with Gasteiger partial charge in [0.25, 0.3) is 11.5 Å². The zero-order valence-corrected chi connectivity index (χ0v) is 21.1. The monoisotopic (exact) mass is 497 g/mol. The zero-order chi connectivity index (χ0) is 26.2. The number of aliphatic hydroxyl groups is 1. The molecule has 1 heterocycles. The second kappa shape index (κ2) is 12.1. The van der Waals surface area contributed by atoms with E-state index in [1.807, 2.05) is 98.8 Å². The van der Waals surface area contributed by atoms with Crippen LogP contribution in [0.5, 0.6) is 5.75 Å². The summed E-state index contributed by atoms with van der Waals surface area (Å²) in [7, 11) is 0. The number of aliphatic hydroxyl groups excluding tert-OH is 1. The van der Waals surface area contributed by atoms with Crippen molar-refractivity contribution >= 4 is 5.91 Å². The Bertz CT molecular complexity index is 1390. The summed E-state index contributed by atoms with van der Waals surface area (Å²) in [5, 5.41) is 9.53. The Labute approximate surface area is 216 Å². The minimum Gasteiger partial charge on any atom is -0.481 e. The molecular weight excluding hydrogens is 466 g/mol. The number of nitrogens with zero attached hydrogens (tertiary/aromatic N) is 2. The van der Waals surface area contributed by atoms with Gasteiger partial charge in [0.1, 0.15) is 12.4 Å². The summed E-state index contributed by atoms with van der Waals surface area (Å²) < 4.78 is 5.87. The van der Waals surface area contributed by atoms with E-state index >= 15 is 0 Å². The zero-order valence-electron chi connectivity index (χ0n) is 21.1. The molecule has 4 rings (SSSR count). The van der Waals surface area contributed by atoms with Crippen molar-refractivity contribution in [2.24, 2.45) is 0 Å². The van der Waals surface area contributed by atoms with Crippen LogP contribution < -0.4 is 10.3 Å². The van der Waals surface area contributed by atoms with Crippen LogP contribution in [0.15, 0.2) is 89.7 Å². The predicted octanol–water partition coefficient (Wildman–Crippen LogP) is 4.45. The lowest BCUT2D eigenvalue weighted by molar-refractivity contribution is 0.0653. The molecule has 190 valence electrons. The van der Waals surface area contributed by atoms with Gasteiger partial charge in [-0.15, -0.1) is 0 Å². The summed E-state index contributed by atoms with van der Waals surface area (Å²) >= 11 is 0. The summed E-state index contributed by atoms with van der Waals surface area (Å²) in [4.78, 5) is 35.7. The van der Waals surface area contributed by atoms with E-state index < -0.39 is 11.5 Å². The standard InChI is InChI=1S/C30H31N3O4/c1-21(2)33(17-18-34)30(36)27-28(37-20-22-11-5-3-6-12-22)29(35)32-26(31-27)19-24-15-9-10-16-25(24)23-13-7-4-8-14-23/h3-16,21,34H,17-20H2,1-2H3,(H,31,32,35). The van der Waals surface area contributed by atoms with Crippen molar-refractivity contribution in [2.45, 2.75) is 32.9 Å². The van der Waals surface area contributed by atoms with Crippen molar-refractivity contribution < 1.29 is 14.6 Å². The average Bonchev–Trinajstić information content (AvgIpc) is 2.92. The van der Waals surface area contributed by atoms with E-state index in [2.05, 4.69) is 9.97 Å². The fraction of sp³-hybridized carbons (Fsp3) is 0.233. The lowest BCUT2D eigenvalue weighted by Crippen LogP contribution is -2.40. The topological polar surface area (TPSA) is 95.5 Å². The van der Waals surface area contributed by atoms with Gasteiger partial charge < -0.3 is 19.7 Å². The maximum absolute atomic E-state index is 13.6. The molecule has 0 aliphatic carbocycles. The van der Waals surface area contributed by atoms with Gasteiger partial charge in [-0.2, -0.15) is 0 Å². The third kappa shape index (κ3) is 6.32. The van der Waals surface area contributed by atoms with Gasteiger partial charge in [0.05, 0.1) is 6.61 Å². The quantitative estimate of drug-likeness (QED) is 0.338. The molecule has 4 aromatic rings. The number of amides is 1. The molecule has 3 aromatic carbocycles. The number of carbonyl (C=O) groups excluding carboxylic acids is 1. The third-order valence-electron chi connectivity index (χ3n) is 6.04. The molecule has 0 bridgehead atoms. The van der Waals surface area contributed by atoms with Gasteiger partial charge in [-0.25, -0.2) is 4.98 Å². The number of H-pyrrole nitrogens is 1. The van der Waals surface area contributed by atoms with Crippen molar-refractivity contribution in [1.29, 1.82) is 0 Å². The van der Waals surface area contributed by atoms with Gasteiger partial charge in [0.2, 0.25) is 5.75 Å². The fourth-order valence-electron chi connectivity index (χ4n) is 4.19. The van der Waals surface area contributed by atoms with Gasteiger partial charge in [-0.1, -0.05) is 84.9 Å². The number of benzene rings is 3. The molecule has 7 nitrogen and oxygen atoms in total. The Morgan fingerprint density at radius 1 is 0.973 bits per heavy atom. The number of hydrogen-bond donors (Lipinski definition) is 2. The van der Waals surface area contributed by atoms with Crippen LogP contribution in [0.1, 0.15) is 41.3 Å². The highest BCUT2D eigenvalue weighted by Crippen LogP contribution is 2.25. The Morgan fingerprint density at radius 3 is 2.30 bits per heavy atom. The number of ether oxygens (including phenoxy) is 1. The summed E-state index contributed by atoms with van der Waals surface area (Å²) in [6, 6.07) is 27.1.